The van der Waals surface area contributed by atoms with Gasteiger partial charge in [0.1, 0.15) is 5.75 Å². The number of benzene rings is 2. The Balaban J connectivity index is 1.52. The lowest BCUT2D eigenvalue weighted by molar-refractivity contribution is -0.120. The fraction of sp³-hybridized carbons (Fsp3) is 0.318. The summed E-state index contributed by atoms with van der Waals surface area (Å²) in [5.41, 5.74) is 1.56. The highest BCUT2D eigenvalue weighted by Gasteiger charge is 2.30. The molecule has 6 nitrogen and oxygen atoms in total. The average molecular weight is 410 g/mol. The highest BCUT2D eigenvalue weighted by Crippen LogP contribution is 2.37. The lowest BCUT2D eigenvalue weighted by Gasteiger charge is -2.16. The largest absolute Gasteiger partial charge is 0.496 e. The number of fused-ring (bicyclic) bond motifs is 1. The zero-order valence-electron chi connectivity index (χ0n) is 16.4. The lowest BCUT2D eigenvalue weighted by atomic mass is 10.2. The fourth-order valence-corrected chi connectivity index (χ4v) is 4.25. The van der Waals surface area contributed by atoms with Crippen molar-refractivity contribution < 1.29 is 9.53 Å². The molecule has 1 atom stereocenters. The molecule has 29 heavy (non-hydrogen) atoms. The first-order valence-corrected chi connectivity index (χ1v) is 10.5. The van der Waals surface area contributed by atoms with Gasteiger partial charge in [-0.05, 0) is 38.0 Å². The maximum atomic E-state index is 13.0. The van der Waals surface area contributed by atoms with Gasteiger partial charge in [0.15, 0.2) is 5.16 Å². The standard InChI is InChI=1S/C22H23N3O3S/c1-14(20(26)23-13-15-7-3-6-10-19(15)28-2)29-22-24-18-9-5-4-8-17(18)21(27)25(22)16-11-12-16/h3-10,14,16H,11-13H2,1-2H3,(H,23,26)/t14-/m0/s1. The van der Waals surface area contributed by atoms with Crippen LogP contribution in [0.4, 0.5) is 0 Å². The number of nitrogens with one attached hydrogen (secondary N) is 1. The number of carbonyl (C=O) groups is 1. The molecule has 1 N–H and O–H groups in total. The van der Waals surface area contributed by atoms with E-state index in [0.717, 1.165) is 24.2 Å². The van der Waals surface area contributed by atoms with E-state index in [1.807, 2.05) is 49.4 Å². The maximum absolute atomic E-state index is 13.0. The topological polar surface area (TPSA) is 73.2 Å². The minimum atomic E-state index is -0.386. The Morgan fingerprint density at radius 1 is 1.24 bits per heavy atom. The first-order valence-electron chi connectivity index (χ1n) is 9.66. The van der Waals surface area contributed by atoms with Gasteiger partial charge >= 0.3 is 0 Å². The van der Waals surface area contributed by atoms with E-state index in [1.165, 1.54) is 11.8 Å². The number of amides is 1. The van der Waals surface area contributed by atoms with Crippen molar-refractivity contribution in [3.8, 4) is 5.75 Å². The molecule has 0 unspecified atom stereocenters. The van der Waals surface area contributed by atoms with E-state index >= 15 is 0 Å². The minimum Gasteiger partial charge on any atom is -0.496 e. The minimum absolute atomic E-state index is 0.0257. The van der Waals surface area contributed by atoms with Gasteiger partial charge in [0, 0.05) is 18.2 Å². The third-order valence-corrected chi connectivity index (χ3v) is 6.05. The third kappa shape index (κ3) is 4.15. The summed E-state index contributed by atoms with van der Waals surface area (Å²) in [6.45, 7) is 2.22. The van der Waals surface area contributed by atoms with Crippen molar-refractivity contribution in [1.29, 1.82) is 0 Å². The van der Waals surface area contributed by atoms with Gasteiger partial charge in [0.25, 0.3) is 5.56 Å². The van der Waals surface area contributed by atoms with Gasteiger partial charge in [0.2, 0.25) is 5.91 Å². The second kappa shape index (κ2) is 8.29. The summed E-state index contributed by atoms with van der Waals surface area (Å²) in [6.07, 6.45) is 1.95. The number of thioether (sulfide) groups is 1. The number of rotatable bonds is 7. The Morgan fingerprint density at radius 3 is 2.72 bits per heavy atom. The second-order valence-corrected chi connectivity index (χ2v) is 8.42. The van der Waals surface area contributed by atoms with Crippen molar-refractivity contribution in [2.24, 2.45) is 0 Å². The number of methoxy groups -OCH3 is 1. The number of nitrogens with zero attached hydrogens (tertiary/aromatic N) is 2. The van der Waals surface area contributed by atoms with E-state index in [2.05, 4.69) is 5.32 Å². The van der Waals surface area contributed by atoms with Gasteiger partial charge in [-0.1, -0.05) is 42.1 Å². The van der Waals surface area contributed by atoms with Crippen LogP contribution in [0.3, 0.4) is 0 Å². The Kier molecular flexibility index (Phi) is 5.58. The smallest absolute Gasteiger partial charge is 0.262 e. The van der Waals surface area contributed by atoms with E-state index in [-0.39, 0.29) is 22.8 Å². The van der Waals surface area contributed by atoms with E-state index in [0.29, 0.717) is 22.6 Å². The Morgan fingerprint density at radius 2 is 1.97 bits per heavy atom. The van der Waals surface area contributed by atoms with E-state index in [1.54, 1.807) is 17.7 Å². The van der Waals surface area contributed by atoms with Gasteiger partial charge < -0.3 is 10.1 Å². The molecule has 1 aliphatic rings. The molecule has 7 heteroatoms. The average Bonchev–Trinajstić information content (AvgIpc) is 3.57. The molecule has 1 saturated carbocycles. The summed E-state index contributed by atoms with van der Waals surface area (Å²) in [5, 5.41) is 3.80. The summed E-state index contributed by atoms with van der Waals surface area (Å²) in [4.78, 5) is 30.3. The molecule has 0 spiro atoms. The van der Waals surface area contributed by atoms with Crippen LogP contribution >= 0.6 is 11.8 Å². The van der Waals surface area contributed by atoms with Crippen LogP contribution in [-0.2, 0) is 11.3 Å². The van der Waals surface area contributed by atoms with Crippen LogP contribution in [0.25, 0.3) is 10.9 Å². The molecule has 2 aromatic carbocycles. The quantitative estimate of drug-likeness (QED) is 0.477. The Hall–Kier alpha value is -2.80. The predicted octanol–water partition coefficient (Wildman–Crippen LogP) is 3.54. The van der Waals surface area contributed by atoms with E-state index < -0.39 is 0 Å². The number of aromatic nitrogens is 2. The fourth-order valence-electron chi connectivity index (χ4n) is 3.25. The molecule has 1 aliphatic carbocycles. The zero-order chi connectivity index (χ0) is 20.4. The van der Waals surface area contributed by atoms with Crippen LogP contribution in [0.5, 0.6) is 5.75 Å². The molecule has 0 radical (unpaired) electrons. The maximum Gasteiger partial charge on any atom is 0.262 e. The van der Waals surface area contributed by atoms with Gasteiger partial charge in [-0.15, -0.1) is 0 Å². The van der Waals surface area contributed by atoms with E-state index in [4.69, 9.17) is 9.72 Å². The molecule has 1 aromatic heterocycles. The summed E-state index contributed by atoms with van der Waals surface area (Å²) < 4.78 is 7.09. The monoisotopic (exact) mass is 409 g/mol. The summed E-state index contributed by atoms with van der Waals surface area (Å²) in [7, 11) is 1.61. The first kappa shape index (κ1) is 19.5. The second-order valence-electron chi connectivity index (χ2n) is 7.11. The van der Waals surface area contributed by atoms with Gasteiger partial charge in [-0.25, -0.2) is 4.98 Å². The Labute approximate surface area is 173 Å². The van der Waals surface area contributed by atoms with Gasteiger partial charge in [-0.2, -0.15) is 0 Å². The molecular weight excluding hydrogens is 386 g/mol. The number of hydrogen-bond acceptors (Lipinski definition) is 5. The van der Waals surface area contributed by atoms with Crippen LogP contribution in [0, 0.1) is 0 Å². The normalized spacial score (nSPS) is 14.6. The number of hydrogen-bond donors (Lipinski definition) is 1. The van der Waals surface area contributed by atoms with Gasteiger partial charge in [0.05, 0.1) is 23.3 Å². The van der Waals surface area contributed by atoms with Crippen molar-refractivity contribution in [1.82, 2.24) is 14.9 Å². The van der Waals surface area contributed by atoms with Crippen LogP contribution in [-0.4, -0.2) is 27.8 Å². The van der Waals surface area contributed by atoms with Crippen LogP contribution in [0.15, 0.2) is 58.5 Å². The molecule has 1 fully saturated rings. The molecule has 1 amide bonds. The highest BCUT2D eigenvalue weighted by atomic mass is 32.2. The van der Waals surface area contributed by atoms with Crippen LogP contribution < -0.4 is 15.6 Å². The van der Waals surface area contributed by atoms with Crippen molar-refractivity contribution in [3.05, 3.63) is 64.4 Å². The molecular formula is C22H23N3O3S. The Bertz CT molecular complexity index is 1110. The van der Waals surface area contributed by atoms with Crippen molar-refractivity contribution in [3.63, 3.8) is 0 Å². The summed E-state index contributed by atoms with van der Waals surface area (Å²) in [5.74, 6) is 0.637. The molecule has 0 saturated heterocycles. The number of ether oxygens (including phenoxy) is 1. The van der Waals surface area contributed by atoms with Crippen molar-refractivity contribution in [2.45, 2.75) is 42.8 Å². The van der Waals surface area contributed by atoms with Gasteiger partial charge in [-0.3, -0.25) is 14.2 Å². The molecule has 0 aliphatic heterocycles. The molecule has 4 rings (SSSR count). The summed E-state index contributed by atoms with van der Waals surface area (Å²) in [6, 6.07) is 15.1. The predicted molar refractivity (Wildman–Crippen MR) is 114 cm³/mol. The molecule has 0 bridgehead atoms. The SMILES string of the molecule is COc1ccccc1CNC(=O)[C@H](C)Sc1nc2ccccc2c(=O)n1C1CC1. The number of para-hydroxylation sites is 2. The molecule has 1 heterocycles. The zero-order valence-corrected chi connectivity index (χ0v) is 17.2. The summed E-state index contributed by atoms with van der Waals surface area (Å²) >= 11 is 1.33. The lowest BCUT2D eigenvalue weighted by Crippen LogP contribution is -2.31. The third-order valence-electron chi connectivity index (χ3n) is 4.98. The van der Waals surface area contributed by atoms with Crippen molar-refractivity contribution in [2.75, 3.05) is 7.11 Å². The van der Waals surface area contributed by atoms with Crippen molar-refractivity contribution >= 4 is 28.6 Å². The first-order chi connectivity index (χ1) is 14.1. The van der Waals surface area contributed by atoms with Crippen LogP contribution in [0.1, 0.15) is 31.4 Å². The number of carbonyl (C=O) groups excluding carboxylic acids is 1. The molecule has 150 valence electrons. The molecule has 3 aromatic rings. The van der Waals surface area contributed by atoms with Crippen LogP contribution in [0.2, 0.25) is 0 Å². The highest BCUT2D eigenvalue weighted by molar-refractivity contribution is 8.00. The van der Waals surface area contributed by atoms with E-state index in [9.17, 15) is 9.59 Å².